The van der Waals surface area contributed by atoms with Crippen molar-refractivity contribution in [2.24, 2.45) is 5.73 Å². The van der Waals surface area contributed by atoms with E-state index in [0.717, 1.165) is 42.7 Å². The minimum absolute atomic E-state index is 0.0832. The number of fused-ring (bicyclic) bond motifs is 2. The molecule has 2 aliphatic rings. The number of rotatable bonds is 4. The van der Waals surface area contributed by atoms with Crippen LogP contribution < -0.4 is 11.4 Å². The zero-order valence-corrected chi connectivity index (χ0v) is 16.8. The lowest BCUT2D eigenvalue weighted by molar-refractivity contribution is 0.471. The fraction of sp³-hybridized carbons (Fsp3) is 0.391. The third-order valence-electron chi connectivity index (χ3n) is 6.20. The Labute approximate surface area is 169 Å². The van der Waals surface area contributed by atoms with E-state index in [0.29, 0.717) is 6.04 Å². The highest BCUT2D eigenvalue weighted by Crippen LogP contribution is 2.39. The maximum Gasteiger partial charge on any atom is 0.349 e. The molecule has 0 radical (unpaired) electrons. The Morgan fingerprint density at radius 2 is 1.82 bits per heavy atom. The zero-order chi connectivity index (χ0) is 19.1. The van der Waals surface area contributed by atoms with E-state index < -0.39 is 0 Å². The molecule has 1 saturated carbocycles. The van der Waals surface area contributed by atoms with E-state index in [9.17, 15) is 4.79 Å². The third-order valence-corrected chi connectivity index (χ3v) is 7.27. The summed E-state index contributed by atoms with van der Waals surface area (Å²) in [6, 6.07) is 14.9. The van der Waals surface area contributed by atoms with Gasteiger partial charge in [-0.2, -0.15) is 4.98 Å². The average molecular weight is 392 g/mol. The molecule has 28 heavy (non-hydrogen) atoms. The van der Waals surface area contributed by atoms with Crippen molar-refractivity contribution in [2.75, 3.05) is 0 Å². The molecule has 0 spiro atoms. The summed E-state index contributed by atoms with van der Waals surface area (Å²) in [4.78, 5) is 17.4. The third kappa shape index (κ3) is 3.07. The minimum atomic E-state index is -0.245. The van der Waals surface area contributed by atoms with Crippen LogP contribution in [0.1, 0.15) is 60.3 Å². The average Bonchev–Trinajstić information content (AvgIpc) is 3.40. The van der Waals surface area contributed by atoms with Crippen LogP contribution in [-0.4, -0.2) is 9.55 Å². The van der Waals surface area contributed by atoms with Gasteiger partial charge in [-0.05, 0) is 48.4 Å². The van der Waals surface area contributed by atoms with Gasteiger partial charge in [0.25, 0.3) is 0 Å². The van der Waals surface area contributed by atoms with E-state index in [1.165, 1.54) is 46.6 Å². The molecular formula is C23H25N3OS. The lowest BCUT2D eigenvalue weighted by Gasteiger charge is -2.21. The molecule has 0 unspecified atom stereocenters. The molecule has 2 aliphatic carbocycles. The zero-order valence-electron chi connectivity index (χ0n) is 15.9. The smallest absolute Gasteiger partial charge is 0.315 e. The predicted molar refractivity (Wildman–Crippen MR) is 115 cm³/mol. The van der Waals surface area contributed by atoms with Gasteiger partial charge in [0.2, 0.25) is 0 Å². The first-order valence-corrected chi connectivity index (χ1v) is 11.1. The Morgan fingerprint density at radius 3 is 2.68 bits per heavy atom. The molecule has 144 valence electrons. The first-order chi connectivity index (χ1) is 13.7. The SMILES string of the molecule is N[C@H](Sc1nc(=O)n(C2CCCC2)c2c1CCC2)c1cccc2ccccc12. The summed E-state index contributed by atoms with van der Waals surface area (Å²) in [6.45, 7) is 0. The van der Waals surface area contributed by atoms with Gasteiger partial charge in [-0.15, -0.1) is 0 Å². The largest absolute Gasteiger partial charge is 0.349 e. The standard InChI is InChI=1S/C23H25N3OS/c24-21(18-12-5-8-15-7-1-4-11-17(15)18)28-22-19-13-6-14-20(19)26(23(27)25-22)16-9-2-3-10-16/h1,4-5,7-8,11-12,16,21H,2-3,6,9-10,13-14,24H2/t21-/m1/s1. The van der Waals surface area contributed by atoms with Crippen molar-refractivity contribution in [3.05, 3.63) is 69.8 Å². The molecule has 0 saturated heterocycles. The molecule has 4 nitrogen and oxygen atoms in total. The van der Waals surface area contributed by atoms with Crippen LogP contribution in [0.15, 0.2) is 52.3 Å². The van der Waals surface area contributed by atoms with E-state index in [2.05, 4.69) is 29.2 Å². The van der Waals surface area contributed by atoms with Gasteiger partial charge < -0.3 is 5.73 Å². The summed E-state index contributed by atoms with van der Waals surface area (Å²) < 4.78 is 2.02. The van der Waals surface area contributed by atoms with Gasteiger partial charge in [-0.3, -0.25) is 4.57 Å². The molecule has 2 N–H and O–H groups in total. The first-order valence-electron chi connectivity index (χ1n) is 10.3. The fourth-order valence-electron chi connectivity index (χ4n) is 4.87. The van der Waals surface area contributed by atoms with E-state index in [1.807, 2.05) is 22.8 Å². The Hall–Kier alpha value is -2.11. The summed E-state index contributed by atoms with van der Waals surface area (Å²) in [7, 11) is 0. The number of aromatic nitrogens is 2. The van der Waals surface area contributed by atoms with Crippen molar-refractivity contribution < 1.29 is 0 Å². The maximum atomic E-state index is 12.9. The number of benzene rings is 2. The minimum Gasteiger partial charge on any atom is -0.315 e. The Morgan fingerprint density at radius 1 is 1.04 bits per heavy atom. The Kier molecular flexibility index (Phi) is 4.73. The van der Waals surface area contributed by atoms with E-state index >= 15 is 0 Å². The number of thioether (sulfide) groups is 1. The topological polar surface area (TPSA) is 60.9 Å². The van der Waals surface area contributed by atoms with Crippen LogP contribution >= 0.6 is 11.8 Å². The van der Waals surface area contributed by atoms with Crippen molar-refractivity contribution in [1.82, 2.24) is 9.55 Å². The quantitative estimate of drug-likeness (QED) is 0.396. The van der Waals surface area contributed by atoms with Crippen molar-refractivity contribution in [2.45, 2.75) is 61.4 Å². The van der Waals surface area contributed by atoms with Crippen LogP contribution in [0.5, 0.6) is 0 Å². The maximum absolute atomic E-state index is 12.9. The molecule has 0 bridgehead atoms. The highest BCUT2D eigenvalue weighted by atomic mass is 32.2. The second kappa shape index (κ2) is 7.37. The molecule has 1 aromatic heterocycles. The van der Waals surface area contributed by atoms with Crippen molar-refractivity contribution in [3.63, 3.8) is 0 Å². The van der Waals surface area contributed by atoms with Crippen LogP contribution in [0.25, 0.3) is 10.8 Å². The normalized spacial score (nSPS) is 17.9. The van der Waals surface area contributed by atoms with Gasteiger partial charge >= 0.3 is 5.69 Å². The van der Waals surface area contributed by atoms with Gasteiger partial charge in [-0.1, -0.05) is 67.1 Å². The van der Waals surface area contributed by atoms with E-state index in [4.69, 9.17) is 5.73 Å². The van der Waals surface area contributed by atoms with Gasteiger partial charge in [0.1, 0.15) is 5.03 Å². The summed E-state index contributed by atoms with van der Waals surface area (Å²) in [5, 5.41) is 2.95. The molecule has 3 aromatic rings. The molecule has 0 amide bonds. The van der Waals surface area contributed by atoms with Crippen molar-refractivity contribution in [3.8, 4) is 0 Å². The number of nitrogens with two attached hydrogens (primary N) is 1. The fourth-order valence-corrected chi connectivity index (χ4v) is 5.93. The van der Waals surface area contributed by atoms with Crippen molar-refractivity contribution >= 4 is 22.5 Å². The van der Waals surface area contributed by atoms with E-state index in [-0.39, 0.29) is 11.1 Å². The lowest BCUT2D eigenvalue weighted by atomic mass is 10.0. The number of hydrogen-bond donors (Lipinski definition) is 1. The summed E-state index contributed by atoms with van der Waals surface area (Å²) in [5.41, 5.74) is 10.1. The molecule has 1 atom stereocenters. The monoisotopic (exact) mass is 391 g/mol. The predicted octanol–water partition coefficient (Wildman–Crippen LogP) is 4.75. The van der Waals surface area contributed by atoms with Crippen molar-refractivity contribution in [1.29, 1.82) is 0 Å². The van der Waals surface area contributed by atoms with Gasteiger partial charge in [0.15, 0.2) is 0 Å². The first kappa shape index (κ1) is 18.0. The van der Waals surface area contributed by atoms with E-state index in [1.54, 1.807) is 0 Å². The van der Waals surface area contributed by atoms with Gasteiger partial charge in [-0.25, -0.2) is 4.79 Å². The molecule has 5 rings (SSSR count). The van der Waals surface area contributed by atoms with Crippen LogP contribution in [-0.2, 0) is 12.8 Å². The lowest BCUT2D eigenvalue weighted by Crippen LogP contribution is -2.30. The number of nitrogens with zero attached hydrogens (tertiary/aromatic N) is 2. The molecule has 2 aromatic carbocycles. The highest BCUT2D eigenvalue weighted by Gasteiger charge is 2.28. The van der Waals surface area contributed by atoms with Crippen LogP contribution in [0.2, 0.25) is 0 Å². The number of hydrogen-bond acceptors (Lipinski definition) is 4. The molecular weight excluding hydrogens is 366 g/mol. The molecule has 1 heterocycles. The Balaban J connectivity index is 1.53. The van der Waals surface area contributed by atoms with Gasteiger partial charge in [0, 0.05) is 17.3 Å². The second-order valence-corrected chi connectivity index (χ2v) is 9.02. The Bertz CT molecular complexity index is 1080. The summed E-state index contributed by atoms with van der Waals surface area (Å²) >= 11 is 1.54. The van der Waals surface area contributed by atoms with Crippen LogP contribution in [0, 0.1) is 0 Å². The van der Waals surface area contributed by atoms with Crippen LogP contribution in [0.3, 0.4) is 0 Å². The van der Waals surface area contributed by atoms with Crippen LogP contribution in [0.4, 0.5) is 0 Å². The molecule has 1 fully saturated rings. The summed E-state index contributed by atoms with van der Waals surface area (Å²) in [6.07, 6.45) is 7.74. The molecule has 5 heteroatoms. The highest BCUT2D eigenvalue weighted by molar-refractivity contribution is 7.99. The van der Waals surface area contributed by atoms with Gasteiger partial charge in [0.05, 0.1) is 5.37 Å². The molecule has 0 aliphatic heterocycles. The summed E-state index contributed by atoms with van der Waals surface area (Å²) in [5.74, 6) is 0. The second-order valence-electron chi connectivity index (χ2n) is 7.89.